The van der Waals surface area contributed by atoms with Gasteiger partial charge in [-0.2, -0.15) is 0 Å². The average Bonchev–Trinajstić information content (AvgIpc) is 2.91. The third kappa shape index (κ3) is 3.48. The van der Waals surface area contributed by atoms with Crippen molar-refractivity contribution in [2.45, 2.75) is 40.5 Å². The molecule has 138 valence electrons. The van der Waals surface area contributed by atoms with E-state index in [1.54, 1.807) is 0 Å². The molecule has 2 heterocycles. The van der Waals surface area contributed by atoms with Crippen molar-refractivity contribution in [3.63, 3.8) is 0 Å². The highest BCUT2D eigenvalue weighted by Crippen LogP contribution is 2.51. The van der Waals surface area contributed by atoms with E-state index in [0.29, 0.717) is 0 Å². The summed E-state index contributed by atoms with van der Waals surface area (Å²) < 4.78 is 1.25. The van der Waals surface area contributed by atoms with Gasteiger partial charge in [-0.3, -0.25) is 4.79 Å². The summed E-state index contributed by atoms with van der Waals surface area (Å²) in [6, 6.07) is 6.14. The second-order valence-corrected chi connectivity index (χ2v) is 9.73. The number of nitrogens with zero attached hydrogens (tertiary/aromatic N) is 2. The van der Waals surface area contributed by atoms with E-state index in [4.69, 9.17) is 0 Å². The molecule has 4 heteroatoms. The zero-order valence-electron chi connectivity index (χ0n) is 16.1. The third-order valence-corrected chi connectivity index (χ3v) is 7.28. The van der Waals surface area contributed by atoms with Crippen LogP contribution in [-0.2, 0) is 0 Å². The van der Waals surface area contributed by atoms with Gasteiger partial charge in [0.05, 0.1) is 0 Å². The van der Waals surface area contributed by atoms with Crippen molar-refractivity contribution < 1.29 is 4.79 Å². The van der Waals surface area contributed by atoms with Crippen LogP contribution in [0.3, 0.4) is 0 Å². The molecule has 0 N–H and O–H groups in total. The van der Waals surface area contributed by atoms with Crippen LogP contribution in [0.1, 0.15) is 48.2 Å². The first-order valence-electron chi connectivity index (χ1n) is 9.43. The SMILES string of the molecule is Cc1cccc(C)c1C(=O)N1C[C@]2(C)CN(CCCCI)C[C@]2(C)C1. The van der Waals surface area contributed by atoms with Crippen LogP contribution in [0.15, 0.2) is 18.2 Å². The second kappa shape index (κ2) is 7.18. The summed E-state index contributed by atoms with van der Waals surface area (Å²) >= 11 is 2.46. The summed E-state index contributed by atoms with van der Waals surface area (Å²) in [5.41, 5.74) is 3.52. The third-order valence-electron chi connectivity index (χ3n) is 6.52. The van der Waals surface area contributed by atoms with Crippen LogP contribution in [0, 0.1) is 24.7 Å². The monoisotopic (exact) mass is 454 g/mol. The predicted molar refractivity (Wildman–Crippen MR) is 113 cm³/mol. The summed E-state index contributed by atoms with van der Waals surface area (Å²) in [4.78, 5) is 18.0. The van der Waals surface area contributed by atoms with E-state index in [2.05, 4.69) is 72.2 Å². The average molecular weight is 454 g/mol. The van der Waals surface area contributed by atoms with Crippen molar-refractivity contribution in [1.29, 1.82) is 0 Å². The molecule has 3 rings (SSSR count). The number of hydrogen-bond acceptors (Lipinski definition) is 2. The summed E-state index contributed by atoms with van der Waals surface area (Å²) in [5.74, 6) is 0.226. The van der Waals surface area contributed by atoms with Gasteiger partial charge in [0.15, 0.2) is 0 Å². The molecule has 0 bridgehead atoms. The number of carbonyl (C=O) groups is 1. The number of fused-ring (bicyclic) bond motifs is 1. The van der Waals surface area contributed by atoms with Gasteiger partial charge in [0.2, 0.25) is 0 Å². The molecule has 0 saturated carbocycles. The number of aryl methyl sites for hydroxylation is 2. The van der Waals surface area contributed by atoms with Gasteiger partial charge in [0, 0.05) is 42.6 Å². The molecule has 2 aliphatic rings. The molecule has 0 radical (unpaired) electrons. The van der Waals surface area contributed by atoms with Gasteiger partial charge >= 0.3 is 0 Å². The molecular formula is C21H31IN2O. The predicted octanol–water partition coefficient (Wildman–Crippen LogP) is 4.30. The minimum absolute atomic E-state index is 0.212. The zero-order chi connectivity index (χ0) is 18.2. The number of benzene rings is 1. The Labute approximate surface area is 166 Å². The Morgan fingerprint density at radius 2 is 1.60 bits per heavy atom. The number of carbonyl (C=O) groups excluding carboxylic acids is 1. The molecule has 1 aromatic carbocycles. The first kappa shape index (κ1) is 19.2. The minimum Gasteiger partial charge on any atom is -0.337 e. The molecule has 0 aliphatic carbocycles. The maximum Gasteiger partial charge on any atom is 0.254 e. The summed E-state index contributed by atoms with van der Waals surface area (Å²) in [7, 11) is 0. The van der Waals surface area contributed by atoms with E-state index in [0.717, 1.165) is 42.9 Å². The number of amides is 1. The minimum atomic E-state index is 0.212. The lowest BCUT2D eigenvalue weighted by atomic mass is 9.71. The van der Waals surface area contributed by atoms with Crippen LogP contribution in [0.4, 0.5) is 0 Å². The van der Waals surface area contributed by atoms with Crippen molar-refractivity contribution in [1.82, 2.24) is 9.80 Å². The van der Waals surface area contributed by atoms with E-state index >= 15 is 0 Å². The molecule has 25 heavy (non-hydrogen) atoms. The van der Waals surface area contributed by atoms with E-state index in [-0.39, 0.29) is 16.7 Å². The molecule has 2 atom stereocenters. The highest BCUT2D eigenvalue weighted by Gasteiger charge is 2.58. The number of unbranched alkanes of at least 4 members (excludes halogenated alkanes) is 1. The smallest absolute Gasteiger partial charge is 0.254 e. The number of hydrogen-bond donors (Lipinski definition) is 0. The maximum atomic E-state index is 13.2. The number of rotatable bonds is 5. The molecule has 1 amide bonds. The first-order chi connectivity index (χ1) is 11.8. The Kier molecular flexibility index (Phi) is 5.50. The fraction of sp³-hybridized carbons (Fsp3) is 0.667. The van der Waals surface area contributed by atoms with Gasteiger partial charge in [-0.15, -0.1) is 0 Å². The molecule has 0 spiro atoms. The quantitative estimate of drug-likeness (QED) is 0.376. The van der Waals surface area contributed by atoms with Gasteiger partial charge in [0.1, 0.15) is 0 Å². The van der Waals surface area contributed by atoms with Crippen molar-refractivity contribution in [3.8, 4) is 0 Å². The Morgan fingerprint density at radius 1 is 1.04 bits per heavy atom. The fourth-order valence-corrected chi connectivity index (χ4v) is 5.39. The number of halogens is 1. The van der Waals surface area contributed by atoms with Crippen molar-refractivity contribution in [3.05, 3.63) is 34.9 Å². The Morgan fingerprint density at radius 3 is 2.12 bits per heavy atom. The summed E-state index contributed by atoms with van der Waals surface area (Å²) in [5, 5.41) is 0. The lowest BCUT2D eigenvalue weighted by Crippen LogP contribution is -2.36. The van der Waals surface area contributed by atoms with Crippen LogP contribution in [0.2, 0.25) is 0 Å². The molecule has 3 nitrogen and oxygen atoms in total. The first-order valence-corrected chi connectivity index (χ1v) is 11.0. The van der Waals surface area contributed by atoms with Crippen molar-refractivity contribution >= 4 is 28.5 Å². The van der Waals surface area contributed by atoms with Gasteiger partial charge in [-0.05, 0) is 48.8 Å². The standard InChI is InChI=1S/C21H31IN2O/c1-16-8-7-9-17(2)18(16)19(25)24-14-20(3)12-23(11-6-5-10-22)13-21(20,4)15-24/h7-9H,5-6,10-15H2,1-4H3/t20-,21+. The largest absolute Gasteiger partial charge is 0.337 e. The lowest BCUT2D eigenvalue weighted by molar-refractivity contribution is 0.0756. The fourth-order valence-electron chi connectivity index (χ4n) is 4.85. The van der Waals surface area contributed by atoms with Crippen LogP contribution >= 0.6 is 22.6 Å². The van der Waals surface area contributed by atoms with Crippen LogP contribution < -0.4 is 0 Å². The topological polar surface area (TPSA) is 23.6 Å². The van der Waals surface area contributed by atoms with Gasteiger partial charge in [0.25, 0.3) is 5.91 Å². The summed E-state index contributed by atoms with van der Waals surface area (Å²) in [6.45, 7) is 14.1. The van der Waals surface area contributed by atoms with E-state index in [9.17, 15) is 4.79 Å². The zero-order valence-corrected chi connectivity index (χ0v) is 18.2. The van der Waals surface area contributed by atoms with Crippen LogP contribution in [0.5, 0.6) is 0 Å². The summed E-state index contributed by atoms with van der Waals surface area (Å²) in [6.07, 6.45) is 2.60. The van der Waals surface area contributed by atoms with Gasteiger partial charge in [-0.25, -0.2) is 0 Å². The van der Waals surface area contributed by atoms with Gasteiger partial charge < -0.3 is 9.80 Å². The Bertz CT molecular complexity index is 621. The van der Waals surface area contributed by atoms with Gasteiger partial charge in [-0.1, -0.05) is 54.6 Å². The van der Waals surface area contributed by atoms with Crippen molar-refractivity contribution in [2.75, 3.05) is 37.2 Å². The lowest BCUT2D eigenvalue weighted by Gasteiger charge is -2.30. The molecular weight excluding hydrogens is 423 g/mol. The normalized spacial score (nSPS) is 29.2. The molecule has 0 aromatic heterocycles. The molecule has 1 aromatic rings. The molecule has 2 saturated heterocycles. The highest BCUT2D eigenvalue weighted by atomic mass is 127. The van der Waals surface area contributed by atoms with Crippen LogP contribution in [-0.4, -0.2) is 52.9 Å². The van der Waals surface area contributed by atoms with E-state index < -0.39 is 0 Å². The van der Waals surface area contributed by atoms with E-state index in [1.165, 1.54) is 23.8 Å². The maximum absolute atomic E-state index is 13.2. The number of alkyl halides is 1. The van der Waals surface area contributed by atoms with E-state index in [1.807, 2.05) is 6.07 Å². The highest BCUT2D eigenvalue weighted by molar-refractivity contribution is 14.1. The molecule has 0 unspecified atom stereocenters. The van der Waals surface area contributed by atoms with Crippen molar-refractivity contribution in [2.24, 2.45) is 10.8 Å². The molecule has 2 fully saturated rings. The van der Waals surface area contributed by atoms with Crippen LogP contribution in [0.25, 0.3) is 0 Å². The second-order valence-electron chi connectivity index (χ2n) is 8.66. The Hall–Kier alpha value is -0.620. The number of likely N-dealkylation sites (tertiary alicyclic amines) is 2. The molecule has 2 aliphatic heterocycles. The Balaban J connectivity index is 1.73.